The predicted octanol–water partition coefficient (Wildman–Crippen LogP) is -0.629. The fraction of sp³-hybridized carbons (Fsp3) is 0.385. The van der Waals surface area contributed by atoms with E-state index >= 15 is 0 Å². The number of carbonyl (C=O) groups excluding carboxylic acids is 2. The van der Waals surface area contributed by atoms with Gasteiger partial charge in [-0.05, 0) is 18.2 Å². The van der Waals surface area contributed by atoms with Crippen LogP contribution in [0.1, 0.15) is 20.7 Å². The maximum Gasteiger partial charge on any atom is 0.338 e. The smallest absolute Gasteiger partial charge is 0.338 e. The summed E-state index contributed by atoms with van der Waals surface area (Å²) in [5.41, 5.74) is 5.72. The topological polar surface area (TPSA) is 127 Å². The van der Waals surface area contributed by atoms with Crippen LogP contribution in [0, 0.1) is 0 Å². The molecule has 122 valence electrons. The lowest BCUT2D eigenvalue weighted by atomic mass is 10.1. The van der Waals surface area contributed by atoms with E-state index in [0.717, 1.165) is 10.6 Å². The average molecular weight is 330 g/mol. The number of nitrogens with zero attached hydrogens (tertiary/aromatic N) is 1. The lowest BCUT2D eigenvalue weighted by Gasteiger charge is -2.18. The first kappa shape index (κ1) is 18.1. The number of benzene rings is 1. The molecule has 0 amide bonds. The zero-order valence-electron chi connectivity index (χ0n) is 12.2. The summed E-state index contributed by atoms with van der Waals surface area (Å²) in [5, 5.41) is 8.77. The van der Waals surface area contributed by atoms with Crippen LogP contribution >= 0.6 is 0 Å². The Kier molecular flexibility index (Phi) is 6.03. The minimum Gasteiger partial charge on any atom is -0.460 e. The molecule has 0 saturated carbocycles. The van der Waals surface area contributed by atoms with Crippen molar-refractivity contribution in [3.05, 3.63) is 29.3 Å². The Bertz CT molecular complexity index is 658. The van der Waals surface area contributed by atoms with Crippen LogP contribution in [0.15, 0.2) is 18.2 Å². The minimum atomic E-state index is -3.54. The molecule has 1 unspecified atom stereocenters. The Balaban J connectivity index is 3.10. The highest BCUT2D eigenvalue weighted by atomic mass is 32.2. The molecule has 1 rings (SSSR count). The summed E-state index contributed by atoms with van der Waals surface area (Å²) < 4.78 is 28.9. The highest BCUT2D eigenvalue weighted by Crippen LogP contribution is 2.20. The Hall–Kier alpha value is -1.97. The van der Waals surface area contributed by atoms with Crippen molar-refractivity contribution in [3.8, 4) is 0 Å². The molecular formula is C13H18N2O6S. The second-order valence-electron chi connectivity index (χ2n) is 4.70. The number of sulfonamides is 1. The first-order valence-corrected chi connectivity index (χ1v) is 8.11. The van der Waals surface area contributed by atoms with Gasteiger partial charge in [0.25, 0.3) is 0 Å². The number of aliphatic hydroxyl groups is 1. The lowest BCUT2D eigenvalue weighted by molar-refractivity contribution is 0.0454. The molecule has 8 nitrogen and oxygen atoms in total. The number of hydrogen-bond acceptors (Lipinski definition) is 7. The Morgan fingerprint density at radius 2 is 2.09 bits per heavy atom. The fourth-order valence-corrected chi connectivity index (χ4v) is 2.00. The standard InChI is InChI=1S/C13H18N2O6S/c1-15(22(2,19)20)12-4-9(6-16)3-10(5-12)13(18)21-8-11(14)7-17/h3-6,11,17H,7-8,14H2,1-2H3. The molecule has 9 heteroatoms. The van der Waals surface area contributed by atoms with Crippen molar-refractivity contribution in [3.63, 3.8) is 0 Å². The Labute approximate surface area is 128 Å². The Morgan fingerprint density at radius 3 is 2.59 bits per heavy atom. The van der Waals surface area contributed by atoms with E-state index in [9.17, 15) is 18.0 Å². The average Bonchev–Trinajstić information content (AvgIpc) is 2.49. The molecule has 0 heterocycles. The molecule has 0 aliphatic rings. The van der Waals surface area contributed by atoms with Gasteiger partial charge in [0.15, 0.2) is 0 Å². The first-order chi connectivity index (χ1) is 10.2. The molecular weight excluding hydrogens is 312 g/mol. The second-order valence-corrected chi connectivity index (χ2v) is 6.72. The van der Waals surface area contributed by atoms with Gasteiger partial charge in [0, 0.05) is 12.6 Å². The highest BCUT2D eigenvalue weighted by Gasteiger charge is 2.17. The highest BCUT2D eigenvalue weighted by molar-refractivity contribution is 7.92. The van der Waals surface area contributed by atoms with E-state index < -0.39 is 22.0 Å². The van der Waals surface area contributed by atoms with Gasteiger partial charge < -0.3 is 15.6 Å². The summed E-state index contributed by atoms with van der Waals surface area (Å²) in [4.78, 5) is 22.9. The van der Waals surface area contributed by atoms with Crippen molar-refractivity contribution in [1.82, 2.24) is 0 Å². The molecule has 1 aromatic rings. The van der Waals surface area contributed by atoms with Gasteiger partial charge in [-0.25, -0.2) is 13.2 Å². The van der Waals surface area contributed by atoms with E-state index in [4.69, 9.17) is 15.6 Å². The Morgan fingerprint density at radius 1 is 1.45 bits per heavy atom. The molecule has 0 aromatic heterocycles. The van der Waals surface area contributed by atoms with Crippen LogP contribution in [0.5, 0.6) is 0 Å². The summed E-state index contributed by atoms with van der Waals surface area (Å²) in [6.07, 6.45) is 1.49. The quantitative estimate of drug-likeness (QED) is 0.503. The van der Waals surface area contributed by atoms with E-state index in [0.29, 0.717) is 6.29 Å². The summed E-state index contributed by atoms with van der Waals surface area (Å²) in [5.74, 6) is -0.768. The number of carbonyl (C=O) groups is 2. The van der Waals surface area contributed by atoms with Gasteiger partial charge in [0.1, 0.15) is 12.9 Å². The molecule has 22 heavy (non-hydrogen) atoms. The zero-order valence-corrected chi connectivity index (χ0v) is 13.0. The largest absolute Gasteiger partial charge is 0.460 e. The van der Waals surface area contributed by atoms with Gasteiger partial charge in [-0.15, -0.1) is 0 Å². The fourth-order valence-electron chi connectivity index (χ4n) is 1.51. The van der Waals surface area contributed by atoms with Crippen LogP contribution in [0.4, 0.5) is 5.69 Å². The maximum atomic E-state index is 11.9. The van der Waals surface area contributed by atoms with Gasteiger partial charge in [0.2, 0.25) is 10.0 Å². The SMILES string of the molecule is CN(c1cc(C=O)cc(C(=O)OCC(N)CO)c1)S(C)(=O)=O. The van der Waals surface area contributed by atoms with E-state index in [1.807, 2.05) is 0 Å². The molecule has 1 atom stereocenters. The van der Waals surface area contributed by atoms with E-state index in [-0.39, 0.29) is 30.0 Å². The van der Waals surface area contributed by atoms with Crippen LogP contribution in [-0.4, -0.2) is 58.3 Å². The second kappa shape index (κ2) is 7.34. The van der Waals surface area contributed by atoms with Crippen molar-refractivity contribution < 1.29 is 27.9 Å². The maximum absolute atomic E-state index is 11.9. The van der Waals surface area contributed by atoms with Crippen molar-refractivity contribution in [2.24, 2.45) is 5.73 Å². The van der Waals surface area contributed by atoms with Crippen LogP contribution in [0.25, 0.3) is 0 Å². The molecule has 3 N–H and O–H groups in total. The van der Waals surface area contributed by atoms with Crippen molar-refractivity contribution >= 4 is 28.0 Å². The number of ether oxygens (including phenoxy) is 1. The van der Waals surface area contributed by atoms with Crippen LogP contribution in [-0.2, 0) is 14.8 Å². The van der Waals surface area contributed by atoms with Gasteiger partial charge in [-0.3, -0.25) is 9.10 Å². The van der Waals surface area contributed by atoms with E-state index in [1.165, 1.54) is 25.2 Å². The number of hydrogen-bond donors (Lipinski definition) is 2. The van der Waals surface area contributed by atoms with Crippen LogP contribution in [0.3, 0.4) is 0 Å². The van der Waals surface area contributed by atoms with Gasteiger partial charge in [-0.2, -0.15) is 0 Å². The molecule has 0 radical (unpaired) electrons. The number of nitrogens with two attached hydrogens (primary N) is 1. The van der Waals surface area contributed by atoms with Gasteiger partial charge >= 0.3 is 5.97 Å². The first-order valence-electron chi connectivity index (χ1n) is 6.26. The minimum absolute atomic E-state index is 0.0141. The molecule has 0 fully saturated rings. The summed E-state index contributed by atoms with van der Waals surface area (Å²) >= 11 is 0. The molecule has 0 saturated heterocycles. The molecule has 0 aliphatic heterocycles. The summed E-state index contributed by atoms with van der Waals surface area (Å²) in [6.45, 7) is -0.540. The number of aldehydes is 1. The third-order valence-corrected chi connectivity index (χ3v) is 4.04. The normalized spacial score (nSPS) is 12.5. The third kappa shape index (κ3) is 4.79. The molecule has 1 aromatic carbocycles. The predicted molar refractivity (Wildman–Crippen MR) is 80.4 cm³/mol. The zero-order chi connectivity index (χ0) is 16.9. The summed E-state index contributed by atoms with van der Waals surface area (Å²) in [6, 6.07) is 3.20. The van der Waals surface area contributed by atoms with Crippen molar-refractivity contribution in [2.75, 3.05) is 30.8 Å². The number of aliphatic hydroxyl groups excluding tert-OH is 1. The monoisotopic (exact) mass is 330 g/mol. The van der Waals surface area contributed by atoms with E-state index in [1.54, 1.807) is 0 Å². The van der Waals surface area contributed by atoms with E-state index in [2.05, 4.69) is 0 Å². The lowest BCUT2D eigenvalue weighted by Crippen LogP contribution is -2.31. The summed E-state index contributed by atoms with van der Waals surface area (Å²) in [7, 11) is -2.24. The van der Waals surface area contributed by atoms with Crippen LogP contribution < -0.4 is 10.0 Å². The van der Waals surface area contributed by atoms with Gasteiger partial charge in [-0.1, -0.05) is 0 Å². The van der Waals surface area contributed by atoms with Crippen LogP contribution in [0.2, 0.25) is 0 Å². The molecule has 0 spiro atoms. The number of anilines is 1. The van der Waals surface area contributed by atoms with Crippen molar-refractivity contribution in [1.29, 1.82) is 0 Å². The number of rotatable bonds is 7. The van der Waals surface area contributed by atoms with Crippen molar-refractivity contribution in [2.45, 2.75) is 6.04 Å². The molecule has 0 bridgehead atoms. The van der Waals surface area contributed by atoms with Gasteiger partial charge in [0.05, 0.1) is 30.2 Å². The number of esters is 1. The third-order valence-electron chi connectivity index (χ3n) is 2.84. The molecule has 0 aliphatic carbocycles.